The Balaban J connectivity index is 1.75. The molecule has 3 rings (SSSR count). The van der Waals surface area contributed by atoms with E-state index >= 15 is 0 Å². The molecule has 0 radical (unpaired) electrons. The van der Waals surface area contributed by atoms with Gasteiger partial charge in [0.2, 0.25) is 0 Å². The van der Waals surface area contributed by atoms with Crippen molar-refractivity contribution in [3.8, 4) is 0 Å². The number of nitrogens with zero attached hydrogens (tertiary/aromatic N) is 1. The Bertz CT molecular complexity index is 613. The summed E-state index contributed by atoms with van der Waals surface area (Å²) < 4.78 is 5.92. The SMILES string of the molecule is ON=C1c2ccccc2SCC1OCc1ccccc1. The molecule has 0 aliphatic carbocycles. The zero-order chi connectivity index (χ0) is 13.8. The maximum atomic E-state index is 9.30. The second kappa shape index (κ2) is 6.11. The van der Waals surface area contributed by atoms with E-state index in [2.05, 4.69) is 5.16 Å². The molecule has 2 aromatic carbocycles. The first-order valence-corrected chi connectivity index (χ1v) is 7.46. The predicted molar refractivity (Wildman–Crippen MR) is 80.5 cm³/mol. The second-order valence-electron chi connectivity index (χ2n) is 4.58. The zero-order valence-corrected chi connectivity index (χ0v) is 11.7. The minimum atomic E-state index is -0.180. The fraction of sp³-hybridized carbons (Fsp3) is 0.188. The van der Waals surface area contributed by atoms with Crippen molar-refractivity contribution in [2.75, 3.05) is 5.75 Å². The zero-order valence-electron chi connectivity index (χ0n) is 10.9. The monoisotopic (exact) mass is 285 g/mol. The number of oxime groups is 1. The van der Waals surface area contributed by atoms with Crippen molar-refractivity contribution in [3.63, 3.8) is 0 Å². The van der Waals surface area contributed by atoms with Crippen molar-refractivity contribution in [2.24, 2.45) is 5.16 Å². The molecule has 0 spiro atoms. The van der Waals surface area contributed by atoms with Gasteiger partial charge in [-0.25, -0.2) is 0 Å². The highest BCUT2D eigenvalue weighted by atomic mass is 32.2. The lowest BCUT2D eigenvalue weighted by Gasteiger charge is -2.25. The molecule has 2 aromatic rings. The van der Waals surface area contributed by atoms with Crippen molar-refractivity contribution in [1.29, 1.82) is 0 Å². The molecule has 0 amide bonds. The fourth-order valence-electron chi connectivity index (χ4n) is 2.24. The molecule has 3 nitrogen and oxygen atoms in total. The van der Waals surface area contributed by atoms with Gasteiger partial charge in [-0.15, -0.1) is 11.8 Å². The second-order valence-corrected chi connectivity index (χ2v) is 5.64. The van der Waals surface area contributed by atoms with E-state index in [1.807, 2.05) is 54.6 Å². The molecule has 4 heteroatoms. The van der Waals surface area contributed by atoms with Crippen LogP contribution in [0.2, 0.25) is 0 Å². The number of benzene rings is 2. The molecule has 0 bridgehead atoms. The summed E-state index contributed by atoms with van der Waals surface area (Å²) in [6.07, 6.45) is -0.180. The number of hydrogen-bond donors (Lipinski definition) is 1. The maximum Gasteiger partial charge on any atom is 0.118 e. The molecule has 102 valence electrons. The first-order chi connectivity index (χ1) is 9.88. The highest BCUT2D eigenvalue weighted by Crippen LogP contribution is 2.31. The van der Waals surface area contributed by atoms with Crippen molar-refractivity contribution in [1.82, 2.24) is 0 Å². The third-order valence-corrected chi connectivity index (χ3v) is 4.40. The van der Waals surface area contributed by atoms with Crippen LogP contribution >= 0.6 is 11.8 Å². The van der Waals surface area contributed by atoms with Gasteiger partial charge < -0.3 is 9.94 Å². The van der Waals surface area contributed by atoms with Gasteiger partial charge in [-0.2, -0.15) is 0 Å². The van der Waals surface area contributed by atoms with Crippen LogP contribution in [0.4, 0.5) is 0 Å². The molecule has 0 saturated heterocycles. The predicted octanol–water partition coefficient (Wildman–Crippen LogP) is 3.56. The summed E-state index contributed by atoms with van der Waals surface area (Å²) in [7, 11) is 0. The van der Waals surface area contributed by atoms with Crippen LogP contribution in [-0.4, -0.2) is 22.8 Å². The molecule has 1 aliphatic rings. The molecule has 1 unspecified atom stereocenters. The number of thioether (sulfide) groups is 1. The van der Waals surface area contributed by atoms with Crippen LogP contribution in [0.5, 0.6) is 0 Å². The van der Waals surface area contributed by atoms with E-state index < -0.39 is 0 Å². The molecule has 0 aromatic heterocycles. The Labute approximate surface area is 122 Å². The van der Waals surface area contributed by atoms with E-state index in [0.717, 1.165) is 21.8 Å². The number of ether oxygens (including phenoxy) is 1. The van der Waals surface area contributed by atoms with Crippen molar-refractivity contribution >= 4 is 17.5 Å². The van der Waals surface area contributed by atoms with Crippen LogP contribution in [0.1, 0.15) is 11.1 Å². The van der Waals surface area contributed by atoms with Gasteiger partial charge in [0.15, 0.2) is 0 Å². The highest BCUT2D eigenvalue weighted by Gasteiger charge is 2.27. The Morgan fingerprint density at radius 1 is 1.10 bits per heavy atom. The molecule has 1 atom stereocenters. The number of rotatable bonds is 3. The molecule has 1 N–H and O–H groups in total. The molecule has 20 heavy (non-hydrogen) atoms. The summed E-state index contributed by atoms with van der Waals surface area (Å²) in [6.45, 7) is 0.521. The van der Waals surface area contributed by atoms with E-state index in [1.165, 1.54) is 0 Å². The Hall–Kier alpha value is -1.78. The average molecular weight is 285 g/mol. The normalized spacial score (nSPS) is 19.8. The molecular weight excluding hydrogens is 270 g/mol. The Morgan fingerprint density at radius 3 is 2.65 bits per heavy atom. The van der Waals surface area contributed by atoms with Crippen LogP contribution < -0.4 is 0 Å². The minimum absolute atomic E-state index is 0.180. The molecule has 0 fully saturated rings. The Morgan fingerprint density at radius 2 is 1.85 bits per heavy atom. The summed E-state index contributed by atoms with van der Waals surface area (Å²) >= 11 is 1.73. The van der Waals surface area contributed by atoms with Gasteiger partial charge in [-0.05, 0) is 11.6 Å². The van der Waals surface area contributed by atoms with Crippen LogP contribution in [0.25, 0.3) is 0 Å². The van der Waals surface area contributed by atoms with Crippen molar-refractivity contribution < 1.29 is 9.94 Å². The summed E-state index contributed by atoms with van der Waals surface area (Å²) in [6, 6.07) is 18.0. The van der Waals surface area contributed by atoms with E-state index in [9.17, 15) is 5.21 Å². The fourth-order valence-corrected chi connectivity index (χ4v) is 3.33. The smallest absolute Gasteiger partial charge is 0.118 e. The largest absolute Gasteiger partial charge is 0.411 e. The van der Waals surface area contributed by atoms with Gasteiger partial charge in [0.1, 0.15) is 11.8 Å². The van der Waals surface area contributed by atoms with Gasteiger partial charge in [0, 0.05) is 16.2 Å². The van der Waals surface area contributed by atoms with Gasteiger partial charge in [-0.1, -0.05) is 53.7 Å². The Kier molecular flexibility index (Phi) is 4.04. The summed E-state index contributed by atoms with van der Waals surface area (Å²) in [5.74, 6) is 0.767. The number of hydrogen-bond acceptors (Lipinski definition) is 4. The van der Waals surface area contributed by atoms with E-state index in [1.54, 1.807) is 11.8 Å². The minimum Gasteiger partial charge on any atom is -0.411 e. The quantitative estimate of drug-likeness (QED) is 0.692. The van der Waals surface area contributed by atoms with Gasteiger partial charge in [-0.3, -0.25) is 0 Å². The van der Waals surface area contributed by atoms with E-state index in [4.69, 9.17) is 4.74 Å². The van der Waals surface area contributed by atoms with E-state index in [0.29, 0.717) is 12.3 Å². The maximum absolute atomic E-state index is 9.30. The van der Waals surface area contributed by atoms with E-state index in [-0.39, 0.29) is 6.10 Å². The molecular formula is C16H15NO2S. The summed E-state index contributed by atoms with van der Waals surface area (Å²) in [5, 5.41) is 12.8. The first-order valence-electron chi connectivity index (χ1n) is 6.48. The van der Waals surface area contributed by atoms with Crippen molar-refractivity contribution in [2.45, 2.75) is 17.6 Å². The van der Waals surface area contributed by atoms with Gasteiger partial charge in [0.25, 0.3) is 0 Å². The highest BCUT2D eigenvalue weighted by molar-refractivity contribution is 7.99. The topological polar surface area (TPSA) is 41.8 Å². The van der Waals surface area contributed by atoms with Crippen LogP contribution in [0.3, 0.4) is 0 Å². The van der Waals surface area contributed by atoms with Gasteiger partial charge >= 0.3 is 0 Å². The third kappa shape index (κ3) is 2.71. The van der Waals surface area contributed by atoms with Crippen LogP contribution in [0.15, 0.2) is 64.6 Å². The standard InChI is InChI=1S/C16H15NO2S/c18-17-16-13-8-4-5-9-15(13)20-11-14(16)19-10-12-6-2-1-3-7-12/h1-9,14,18H,10-11H2. The molecule has 0 saturated carbocycles. The molecule has 1 heterocycles. The average Bonchev–Trinajstić information content (AvgIpc) is 2.53. The van der Waals surface area contributed by atoms with Crippen molar-refractivity contribution in [3.05, 3.63) is 65.7 Å². The first kappa shape index (κ1) is 13.2. The van der Waals surface area contributed by atoms with Crippen LogP contribution in [0, 0.1) is 0 Å². The summed E-state index contributed by atoms with van der Waals surface area (Å²) in [5.41, 5.74) is 2.70. The third-order valence-electron chi connectivity index (χ3n) is 3.26. The van der Waals surface area contributed by atoms with Gasteiger partial charge in [0.05, 0.1) is 6.61 Å². The lowest BCUT2D eigenvalue weighted by molar-refractivity contribution is 0.0962. The van der Waals surface area contributed by atoms with Crippen LogP contribution in [-0.2, 0) is 11.3 Å². The number of fused-ring (bicyclic) bond motifs is 1. The summed E-state index contributed by atoms with van der Waals surface area (Å²) in [4.78, 5) is 1.14. The lowest BCUT2D eigenvalue weighted by Crippen LogP contribution is -2.31. The molecule has 1 aliphatic heterocycles. The lowest BCUT2D eigenvalue weighted by atomic mass is 10.1.